The van der Waals surface area contributed by atoms with E-state index in [1.807, 2.05) is 18.8 Å². The minimum Gasteiger partial charge on any atom is -0.356 e. The van der Waals surface area contributed by atoms with Gasteiger partial charge in [-0.2, -0.15) is 5.10 Å². The van der Waals surface area contributed by atoms with E-state index in [0.29, 0.717) is 6.04 Å². The van der Waals surface area contributed by atoms with Crippen LogP contribution in [-0.2, 0) is 18.4 Å². The van der Waals surface area contributed by atoms with Crippen molar-refractivity contribution >= 4 is 11.7 Å². The standard InChI is InChI=1S/C14H25N5O/c1-10-13(9-15-3)14(18(4)17-10)19-7-5-12(6-8-19)16-11(2)20/h12,15H,5-9H2,1-4H3,(H,16,20). The van der Waals surface area contributed by atoms with Crippen LogP contribution in [0.5, 0.6) is 0 Å². The van der Waals surface area contributed by atoms with Crippen molar-refractivity contribution in [2.45, 2.75) is 39.3 Å². The maximum Gasteiger partial charge on any atom is 0.217 e. The normalized spacial score (nSPS) is 16.5. The number of rotatable bonds is 4. The predicted octanol–water partition coefficient (Wildman–Crippen LogP) is 0.553. The van der Waals surface area contributed by atoms with Crippen LogP contribution >= 0.6 is 0 Å². The van der Waals surface area contributed by atoms with Gasteiger partial charge in [-0.1, -0.05) is 0 Å². The van der Waals surface area contributed by atoms with Gasteiger partial charge < -0.3 is 15.5 Å². The lowest BCUT2D eigenvalue weighted by molar-refractivity contribution is -0.119. The van der Waals surface area contributed by atoms with E-state index >= 15 is 0 Å². The van der Waals surface area contributed by atoms with Crippen molar-refractivity contribution in [3.8, 4) is 0 Å². The molecule has 2 heterocycles. The first-order valence-corrected chi connectivity index (χ1v) is 7.22. The number of piperidine rings is 1. The number of nitrogens with zero attached hydrogens (tertiary/aromatic N) is 3. The second kappa shape index (κ2) is 6.26. The van der Waals surface area contributed by atoms with Gasteiger partial charge in [0.05, 0.1) is 5.69 Å². The Bertz CT molecular complexity index is 474. The largest absolute Gasteiger partial charge is 0.356 e. The lowest BCUT2D eigenvalue weighted by Gasteiger charge is -2.34. The van der Waals surface area contributed by atoms with Crippen LogP contribution in [0.15, 0.2) is 0 Å². The van der Waals surface area contributed by atoms with Crippen LogP contribution in [0.2, 0.25) is 0 Å². The Morgan fingerprint density at radius 1 is 1.40 bits per heavy atom. The highest BCUT2D eigenvalue weighted by molar-refractivity contribution is 5.73. The van der Waals surface area contributed by atoms with Gasteiger partial charge in [0.1, 0.15) is 5.82 Å². The molecule has 1 aromatic heterocycles. The highest BCUT2D eigenvalue weighted by Gasteiger charge is 2.24. The van der Waals surface area contributed by atoms with Gasteiger partial charge in [0, 0.05) is 45.2 Å². The van der Waals surface area contributed by atoms with E-state index in [1.165, 1.54) is 11.4 Å². The summed E-state index contributed by atoms with van der Waals surface area (Å²) in [5.41, 5.74) is 2.36. The third kappa shape index (κ3) is 3.12. The van der Waals surface area contributed by atoms with E-state index in [0.717, 1.165) is 38.2 Å². The maximum atomic E-state index is 11.1. The highest BCUT2D eigenvalue weighted by Crippen LogP contribution is 2.26. The fraction of sp³-hybridized carbons (Fsp3) is 0.714. The van der Waals surface area contributed by atoms with Crippen LogP contribution in [0.4, 0.5) is 5.82 Å². The highest BCUT2D eigenvalue weighted by atomic mass is 16.1. The first kappa shape index (κ1) is 14.8. The van der Waals surface area contributed by atoms with Crippen LogP contribution in [0.1, 0.15) is 31.0 Å². The summed E-state index contributed by atoms with van der Waals surface area (Å²) in [5, 5.41) is 10.8. The number of aryl methyl sites for hydroxylation is 2. The van der Waals surface area contributed by atoms with Crippen LogP contribution < -0.4 is 15.5 Å². The van der Waals surface area contributed by atoms with Crippen molar-refractivity contribution in [1.29, 1.82) is 0 Å². The number of carbonyl (C=O) groups is 1. The van der Waals surface area contributed by atoms with Crippen molar-refractivity contribution in [3.63, 3.8) is 0 Å². The average molecular weight is 279 g/mol. The van der Waals surface area contributed by atoms with Gasteiger partial charge in [0.25, 0.3) is 0 Å². The van der Waals surface area contributed by atoms with Gasteiger partial charge in [-0.15, -0.1) is 0 Å². The number of aromatic nitrogens is 2. The van der Waals surface area contributed by atoms with Crippen molar-refractivity contribution < 1.29 is 4.79 Å². The van der Waals surface area contributed by atoms with E-state index in [-0.39, 0.29) is 5.91 Å². The third-order valence-electron chi connectivity index (χ3n) is 3.87. The number of anilines is 1. The number of nitrogens with one attached hydrogen (secondary N) is 2. The molecule has 1 saturated heterocycles. The summed E-state index contributed by atoms with van der Waals surface area (Å²) >= 11 is 0. The molecule has 112 valence electrons. The van der Waals surface area contributed by atoms with E-state index < -0.39 is 0 Å². The molecule has 0 spiro atoms. The molecule has 1 aliphatic rings. The van der Waals surface area contributed by atoms with Gasteiger partial charge in [-0.25, -0.2) is 0 Å². The van der Waals surface area contributed by atoms with Crippen LogP contribution in [0, 0.1) is 6.92 Å². The molecule has 1 fully saturated rings. The summed E-state index contributed by atoms with van der Waals surface area (Å²) in [6.45, 7) is 6.39. The van der Waals surface area contributed by atoms with Gasteiger partial charge in [0.15, 0.2) is 0 Å². The fourth-order valence-electron chi connectivity index (χ4n) is 2.99. The van der Waals surface area contributed by atoms with Gasteiger partial charge in [0.2, 0.25) is 5.91 Å². The number of hydrogen-bond donors (Lipinski definition) is 2. The molecule has 2 rings (SSSR count). The number of amides is 1. The first-order chi connectivity index (χ1) is 9.52. The van der Waals surface area contributed by atoms with E-state index in [2.05, 4.69) is 27.6 Å². The molecule has 20 heavy (non-hydrogen) atoms. The Morgan fingerprint density at radius 3 is 2.60 bits per heavy atom. The Hall–Kier alpha value is -1.56. The first-order valence-electron chi connectivity index (χ1n) is 7.22. The maximum absolute atomic E-state index is 11.1. The van der Waals surface area contributed by atoms with E-state index in [4.69, 9.17) is 0 Å². The van der Waals surface area contributed by atoms with Gasteiger partial charge >= 0.3 is 0 Å². The van der Waals surface area contributed by atoms with Crippen molar-refractivity contribution in [2.24, 2.45) is 7.05 Å². The van der Waals surface area contributed by atoms with Crippen molar-refractivity contribution in [1.82, 2.24) is 20.4 Å². The molecule has 0 unspecified atom stereocenters. The molecule has 0 atom stereocenters. The summed E-state index contributed by atoms with van der Waals surface area (Å²) in [6, 6.07) is 0.311. The Kier molecular flexibility index (Phi) is 4.65. The lowest BCUT2D eigenvalue weighted by atomic mass is 10.0. The zero-order valence-corrected chi connectivity index (χ0v) is 12.9. The molecule has 1 aromatic rings. The topological polar surface area (TPSA) is 62.2 Å². The molecule has 0 bridgehead atoms. The molecular weight excluding hydrogens is 254 g/mol. The van der Waals surface area contributed by atoms with Crippen LogP contribution in [0.25, 0.3) is 0 Å². The lowest BCUT2D eigenvalue weighted by Crippen LogP contribution is -2.44. The quantitative estimate of drug-likeness (QED) is 0.845. The molecule has 1 aliphatic heterocycles. The third-order valence-corrected chi connectivity index (χ3v) is 3.87. The van der Waals surface area contributed by atoms with Gasteiger partial charge in [-0.05, 0) is 26.8 Å². The number of hydrogen-bond acceptors (Lipinski definition) is 4. The minimum absolute atomic E-state index is 0.0655. The Labute approximate surface area is 120 Å². The molecule has 0 aliphatic carbocycles. The molecule has 6 heteroatoms. The van der Waals surface area contributed by atoms with Crippen LogP contribution in [0.3, 0.4) is 0 Å². The molecule has 0 saturated carbocycles. The molecule has 0 radical (unpaired) electrons. The number of carbonyl (C=O) groups excluding carboxylic acids is 1. The minimum atomic E-state index is 0.0655. The summed E-state index contributed by atoms with van der Waals surface area (Å²) in [7, 11) is 3.96. The molecule has 2 N–H and O–H groups in total. The second-order valence-corrected chi connectivity index (χ2v) is 5.50. The van der Waals surface area contributed by atoms with Crippen LogP contribution in [-0.4, -0.2) is 41.9 Å². The van der Waals surface area contributed by atoms with Crippen molar-refractivity contribution in [2.75, 3.05) is 25.0 Å². The zero-order valence-electron chi connectivity index (χ0n) is 12.9. The Morgan fingerprint density at radius 2 is 2.05 bits per heavy atom. The fourth-order valence-corrected chi connectivity index (χ4v) is 2.99. The molecule has 0 aromatic carbocycles. The van der Waals surface area contributed by atoms with E-state index in [1.54, 1.807) is 6.92 Å². The van der Waals surface area contributed by atoms with Crippen molar-refractivity contribution in [3.05, 3.63) is 11.3 Å². The average Bonchev–Trinajstić information content (AvgIpc) is 2.65. The zero-order chi connectivity index (χ0) is 14.7. The summed E-state index contributed by atoms with van der Waals surface area (Å²) < 4.78 is 1.97. The summed E-state index contributed by atoms with van der Waals surface area (Å²) in [6.07, 6.45) is 1.98. The molecular formula is C14H25N5O. The smallest absolute Gasteiger partial charge is 0.217 e. The predicted molar refractivity (Wildman–Crippen MR) is 79.8 cm³/mol. The SMILES string of the molecule is CNCc1c(C)nn(C)c1N1CCC(NC(C)=O)CC1. The van der Waals surface area contributed by atoms with Gasteiger partial charge in [-0.3, -0.25) is 9.48 Å². The summed E-state index contributed by atoms with van der Waals surface area (Å²) in [5.74, 6) is 1.27. The molecule has 1 amide bonds. The Balaban J connectivity index is 2.08. The monoisotopic (exact) mass is 279 g/mol. The molecule has 6 nitrogen and oxygen atoms in total. The second-order valence-electron chi connectivity index (χ2n) is 5.50. The van der Waals surface area contributed by atoms with E-state index in [9.17, 15) is 4.79 Å². The summed E-state index contributed by atoms with van der Waals surface area (Å²) in [4.78, 5) is 13.5.